The number of ether oxygens (including phenoxy) is 1. The van der Waals surface area contributed by atoms with Gasteiger partial charge in [0.25, 0.3) is 0 Å². The molecule has 0 aliphatic carbocycles. The second kappa shape index (κ2) is 6.23. The van der Waals surface area contributed by atoms with E-state index in [0.29, 0.717) is 6.61 Å². The van der Waals surface area contributed by atoms with Gasteiger partial charge in [0, 0.05) is 11.7 Å². The van der Waals surface area contributed by atoms with E-state index in [-0.39, 0.29) is 6.04 Å². The van der Waals surface area contributed by atoms with Gasteiger partial charge in [0.15, 0.2) is 0 Å². The Morgan fingerprint density at radius 1 is 1.16 bits per heavy atom. The highest BCUT2D eigenvalue weighted by molar-refractivity contribution is 5.44. The lowest BCUT2D eigenvalue weighted by atomic mass is 10.1. The number of nitrogens with one attached hydrogen (secondary N) is 1. The van der Waals surface area contributed by atoms with Crippen LogP contribution in [-0.4, -0.2) is 11.6 Å². The molecule has 0 fully saturated rings. The fourth-order valence-electron chi connectivity index (χ4n) is 1.91. The molecule has 3 heteroatoms. The SMILES string of the molecule is CCOc1ccc(C(C)Nc2ccc(C)nc2)cc1. The van der Waals surface area contributed by atoms with Crippen molar-refractivity contribution in [1.82, 2.24) is 4.98 Å². The second-order valence-electron chi connectivity index (χ2n) is 4.56. The van der Waals surface area contributed by atoms with Crippen LogP contribution in [0, 0.1) is 6.92 Å². The van der Waals surface area contributed by atoms with Crippen LogP contribution in [0.25, 0.3) is 0 Å². The van der Waals surface area contributed by atoms with Crippen LogP contribution >= 0.6 is 0 Å². The number of anilines is 1. The molecule has 1 aromatic heterocycles. The van der Waals surface area contributed by atoms with E-state index in [4.69, 9.17) is 4.74 Å². The van der Waals surface area contributed by atoms with Crippen LogP contribution in [0.3, 0.4) is 0 Å². The van der Waals surface area contributed by atoms with Crippen LogP contribution in [0.15, 0.2) is 42.6 Å². The molecule has 1 N–H and O–H groups in total. The van der Waals surface area contributed by atoms with Gasteiger partial charge in [0.2, 0.25) is 0 Å². The lowest BCUT2D eigenvalue weighted by Crippen LogP contribution is -2.06. The van der Waals surface area contributed by atoms with Gasteiger partial charge in [0.05, 0.1) is 18.5 Å². The lowest BCUT2D eigenvalue weighted by Gasteiger charge is -2.16. The molecule has 0 aliphatic rings. The van der Waals surface area contributed by atoms with Gasteiger partial charge in [0.1, 0.15) is 5.75 Å². The summed E-state index contributed by atoms with van der Waals surface area (Å²) in [5.74, 6) is 0.912. The molecule has 1 heterocycles. The minimum absolute atomic E-state index is 0.236. The van der Waals surface area contributed by atoms with Crippen LogP contribution in [0.4, 0.5) is 5.69 Å². The maximum absolute atomic E-state index is 5.44. The van der Waals surface area contributed by atoms with Crippen molar-refractivity contribution >= 4 is 5.69 Å². The first kappa shape index (κ1) is 13.4. The van der Waals surface area contributed by atoms with E-state index in [2.05, 4.69) is 29.4 Å². The Morgan fingerprint density at radius 3 is 2.47 bits per heavy atom. The molecule has 0 spiro atoms. The van der Waals surface area contributed by atoms with Gasteiger partial charge >= 0.3 is 0 Å². The smallest absolute Gasteiger partial charge is 0.119 e. The average Bonchev–Trinajstić information content (AvgIpc) is 2.42. The monoisotopic (exact) mass is 256 g/mol. The van der Waals surface area contributed by atoms with E-state index in [1.807, 2.05) is 44.3 Å². The van der Waals surface area contributed by atoms with E-state index < -0.39 is 0 Å². The first-order chi connectivity index (χ1) is 9.19. The summed E-state index contributed by atoms with van der Waals surface area (Å²) in [4.78, 5) is 4.28. The van der Waals surface area contributed by atoms with Crippen molar-refractivity contribution in [3.05, 3.63) is 53.9 Å². The highest BCUT2D eigenvalue weighted by atomic mass is 16.5. The van der Waals surface area contributed by atoms with E-state index in [9.17, 15) is 0 Å². The zero-order valence-electron chi connectivity index (χ0n) is 11.7. The molecule has 0 aliphatic heterocycles. The Hall–Kier alpha value is -2.03. The van der Waals surface area contributed by atoms with E-state index in [0.717, 1.165) is 17.1 Å². The molecule has 0 amide bonds. The number of aromatic nitrogens is 1. The number of pyridine rings is 1. The molecule has 19 heavy (non-hydrogen) atoms. The quantitative estimate of drug-likeness (QED) is 0.879. The standard InChI is InChI=1S/C16H20N2O/c1-4-19-16-9-6-14(7-10-16)13(3)18-15-8-5-12(2)17-11-15/h5-11,13,18H,4H2,1-3H3. The number of nitrogens with zero attached hydrogens (tertiary/aromatic N) is 1. The summed E-state index contributed by atoms with van der Waals surface area (Å²) in [5.41, 5.74) is 3.29. The molecule has 2 rings (SSSR count). The van der Waals surface area contributed by atoms with Crippen molar-refractivity contribution in [3.63, 3.8) is 0 Å². The third-order valence-corrected chi connectivity index (χ3v) is 2.99. The van der Waals surface area contributed by atoms with Crippen LogP contribution in [0.2, 0.25) is 0 Å². The summed E-state index contributed by atoms with van der Waals surface area (Å²) >= 11 is 0. The highest BCUT2D eigenvalue weighted by Crippen LogP contribution is 2.21. The number of benzene rings is 1. The largest absolute Gasteiger partial charge is 0.494 e. The number of hydrogen-bond donors (Lipinski definition) is 1. The second-order valence-corrected chi connectivity index (χ2v) is 4.56. The molecule has 1 aromatic carbocycles. The van der Waals surface area contributed by atoms with E-state index >= 15 is 0 Å². The van der Waals surface area contributed by atoms with Gasteiger partial charge in [-0.1, -0.05) is 12.1 Å². The Morgan fingerprint density at radius 2 is 1.89 bits per heavy atom. The van der Waals surface area contributed by atoms with Crippen molar-refractivity contribution in [2.45, 2.75) is 26.8 Å². The first-order valence-corrected chi connectivity index (χ1v) is 6.61. The van der Waals surface area contributed by atoms with Crippen molar-refractivity contribution in [1.29, 1.82) is 0 Å². The molecule has 0 bridgehead atoms. The predicted octanol–water partition coefficient (Wildman–Crippen LogP) is 3.96. The molecule has 0 radical (unpaired) electrons. The van der Waals surface area contributed by atoms with Gasteiger partial charge in [-0.15, -0.1) is 0 Å². The van der Waals surface area contributed by atoms with Gasteiger partial charge in [-0.2, -0.15) is 0 Å². The maximum Gasteiger partial charge on any atom is 0.119 e. The first-order valence-electron chi connectivity index (χ1n) is 6.61. The molecule has 1 unspecified atom stereocenters. The third-order valence-electron chi connectivity index (χ3n) is 2.99. The molecule has 0 saturated heterocycles. The summed E-state index contributed by atoms with van der Waals surface area (Å²) in [7, 11) is 0. The summed E-state index contributed by atoms with van der Waals surface area (Å²) in [6, 6.07) is 12.5. The van der Waals surface area contributed by atoms with Crippen molar-refractivity contribution in [3.8, 4) is 5.75 Å². The van der Waals surface area contributed by atoms with Gasteiger partial charge < -0.3 is 10.1 Å². The summed E-state index contributed by atoms with van der Waals surface area (Å²) in [6.07, 6.45) is 1.86. The van der Waals surface area contributed by atoms with Crippen molar-refractivity contribution in [2.75, 3.05) is 11.9 Å². The Labute approximate surface area is 114 Å². The van der Waals surface area contributed by atoms with E-state index in [1.165, 1.54) is 5.56 Å². The van der Waals surface area contributed by atoms with Gasteiger partial charge in [-0.05, 0) is 50.6 Å². The van der Waals surface area contributed by atoms with Crippen LogP contribution in [0.1, 0.15) is 31.1 Å². The number of aryl methyl sites for hydroxylation is 1. The summed E-state index contributed by atoms with van der Waals surface area (Å²) in [6.45, 7) is 6.81. The van der Waals surface area contributed by atoms with Crippen molar-refractivity contribution in [2.24, 2.45) is 0 Å². The topological polar surface area (TPSA) is 34.1 Å². The summed E-state index contributed by atoms with van der Waals surface area (Å²) in [5, 5.41) is 3.43. The fourth-order valence-corrected chi connectivity index (χ4v) is 1.91. The molecule has 2 aromatic rings. The summed E-state index contributed by atoms with van der Waals surface area (Å²) < 4.78 is 5.44. The zero-order valence-corrected chi connectivity index (χ0v) is 11.7. The normalized spacial score (nSPS) is 11.9. The molecule has 0 saturated carbocycles. The Kier molecular flexibility index (Phi) is 4.39. The third kappa shape index (κ3) is 3.71. The van der Waals surface area contributed by atoms with E-state index in [1.54, 1.807) is 0 Å². The van der Waals surface area contributed by atoms with Crippen LogP contribution in [0.5, 0.6) is 5.75 Å². The number of hydrogen-bond acceptors (Lipinski definition) is 3. The molecule has 1 atom stereocenters. The predicted molar refractivity (Wildman–Crippen MR) is 78.6 cm³/mol. The fraction of sp³-hybridized carbons (Fsp3) is 0.312. The zero-order chi connectivity index (χ0) is 13.7. The Bertz CT molecular complexity index is 505. The van der Waals surface area contributed by atoms with Gasteiger partial charge in [-0.25, -0.2) is 0 Å². The van der Waals surface area contributed by atoms with Crippen molar-refractivity contribution < 1.29 is 4.74 Å². The Balaban J connectivity index is 2.02. The highest BCUT2D eigenvalue weighted by Gasteiger charge is 2.05. The van der Waals surface area contributed by atoms with Crippen LogP contribution in [-0.2, 0) is 0 Å². The van der Waals surface area contributed by atoms with Crippen LogP contribution < -0.4 is 10.1 Å². The molecular formula is C16H20N2O. The minimum Gasteiger partial charge on any atom is -0.494 e. The molecular weight excluding hydrogens is 236 g/mol. The minimum atomic E-state index is 0.236. The van der Waals surface area contributed by atoms with Gasteiger partial charge in [-0.3, -0.25) is 4.98 Å². The lowest BCUT2D eigenvalue weighted by molar-refractivity contribution is 0.340. The average molecular weight is 256 g/mol. The molecule has 100 valence electrons. The number of rotatable bonds is 5. The maximum atomic E-state index is 5.44. The molecule has 3 nitrogen and oxygen atoms in total.